The average Bonchev–Trinajstić information content (AvgIpc) is 2.74. The van der Waals surface area contributed by atoms with Crippen molar-refractivity contribution in [2.75, 3.05) is 11.1 Å². The van der Waals surface area contributed by atoms with Gasteiger partial charge in [0.15, 0.2) is 0 Å². The molecule has 0 amide bonds. The average molecular weight is 553 g/mol. The van der Waals surface area contributed by atoms with Crippen LogP contribution in [-0.4, -0.2) is 20.9 Å². The Balaban J connectivity index is 1.83. The van der Waals surface area contributed by atoms with Crippen molar-refractivity contribution in [2.45, 2.75) is 37.5 Å². The number of unbranched alkanes of at least 4 members (excludes halogenated alkanes) is 2. The van der Waals surface area contributed by atoms with Gasteiger partial charge in [0, 0.05) is 16.4 Å². The van der Waals surface area contributed by atoms with Crippen LogP contribution in [0, 0.1) is 0 Å². The van der Waals surface area contributed by atoms with Crippen molar-refractivity contribution in [3.05, 3.63) is 61.3 Å². The summed E-state index contributed by atoms with van der Waals surface area (Å²) in [5, 5.41) is 19.0. The highest BCUT2D eigenvalue weighted by Gasteiger charge is 2.38. The van der Waals surface area contributed by atoms with E-state index >= 15 is 0 Å². The Morgan fingerprint density at radius 3 is 2.67 bits per heavy atom. The van der Waals surface area contributed by atoms with Gasteiger partial charge in [0.1, 0.15) is 5.75 Å². The number of para-hydroxylation sites is 1. The van der Waals surface area contributed by atoms with Crippen molar-refractivity contribution in [3.8, 4) is 17.0 Å². The van der Waals surface area contributed by atoms with Gasteiger partial charge >= 0.3 is 11.3 Å². The number of nitrogens with one attached hydrogen (secondary N) is 2. The number of nitrogens with zero attached hydrogens (tertiary/aromatic N) is 2. The molecule has 3 aromatic rings. The van der Waals surface area contributed by atoms with Crippen molar-refractivity contribution >= 4 is 49.3 Å². The van der Waals surface area contributed by atoms with E-state index in [9.17, 15) is 9.90 Å². The van der Waals surface area contributed by atoms with Gasteiger partial charge in [-0.3, -0.25) is 9.78 Å². The number of aromatic nitrogens is 3. The number of phenols is 1. The van der Waals surface area contributed by atoms with Crippen LogP contribution >= 0.6 is 43.6 Å². The van der Waals surface area contributed by atoms with Gasteiger partial charge in [-0.25, -0.2) is 0 Å². The molecule has 0 bridgehead atoms. The Bertz CT molecular complexity index is 1130. The van der Waals surface area contributed by atoms with Gasteiger partial charge in [-0.2, -0.15) is 0 Å². The van der Waals surface area contributed by atoms with Crippen LogP contribution < -0.4 is 15.6 Å². The summed E-state index contributed by atoms with van der Waals surface area (Å²) in [6, 6.07) is 11.4. The molecule has 0 saturated carbocycles. The van der Waals surface area contributed by atoms with Gasteiger partial charge in [0.05, 0.1) is 20.2 Å². The standard InChI is InChI=1S/C21H20Br2N4O2S/c1-2-3-6-9-30-21-25-20(29)17-13-7-4-5-8-16(13)24-19(27(17)26-21)12-10-14(22)18(28)15(23)11-12/h4-5,7-8,10-11,19H,2-3,6,9H2,1H3,(H2,25,26,28,29)/p+1/t19-/m1/s1. The molecule has 4 rings (SSSR count). The summed E-state index contributed by atoms with van der Waals surface area (Å²) in [5.74, 6) is 1.03. The van der Waals surface area contributed by atoms with Crippen molar-refractivity contribution in [1.29, 1.82) is 0 Å². The third kappa shape index (κ3) is 4.15. The van der Waals surface area contributed by atoms with Crippen molar-refractivity contribution in [3.63, 3.8) is 0 Å². The molecule has 9 heteroatoms. The lowest BCUT2D eigenvalue weighted by Gasteiger charge is -2.22. The van der Waals surface area contributed by atoms with E-state index in [-0.39, 0.29) is 11.3 Å². The maximum absolute atomic E-state index is 13.1. The molecule has 0 unspecified atom stereocenters. The number of benzene rings is 2. The van der Waals surface area contributed by atoms with Crippen molar-refractivity contribution in [2.24, 2.45) is 0 Å². The lowest BCUT2D eigenvalue weighted by molar-refractivity contribution is -0.759. The molecule has 2 aromatic carbocycles. The Morgan fingerprint density at radius 1 is 1.20 bits per heavy atom. The Morgan fingerprint density at radius 2 is 1.93 bits per heavy atom. The van der Waals surface area contributed by atoms with E-state index < -0.39 is 6.17 Å². The zero-order chi connectivity index (χ0) is 21.3. The molecule has 156 valence electrons. The molecule has 0 aliphatic carbocycles. The minimum atomic E-state index is -0.402. The lowest BCUT2D eigenvalue weighted by atomic mass is 10.0. The maximum Gasteiger partial charge on any atom is 0.325 e. The predicted octanol–water partition coefficient (Wildman–Crippen LogP) is 5.21. The molecule has 0 saturated heterocycles. The highest BCUT2D eigenvalue weighted by atomic mass is 79.9. The lowest BCUT2D eigenvalue weighted by Crippen LogP contribution is -2.55. The van der Waals surface area contributed by atoms with Crippen LogP contribution in [0.2, 0.25) is 0 Å². The SMILES string of the molecule is CCCCCSc1n[n+]2c(c(=O)[nH]1)-c1ccccc1N[C@H]2c1cc(Br)c(O)c(Br)c1. The highest BCUT2D eigenvalue weighted by Crippen LogP contribution is 2.37. The second-order valence-electron chi connectivity index (χ2n) is 7.03. The summed E-state index contributed by atoms with van der Waals surface area (Å²) in [5.41, 5.74) is 2.86. The molecule has 30 heavy (non-hydrogen) atoms. The molecule has 6 nitrogen and oxygen atoms in total. The topological polar surface area (TPSA) is 81.9 Å². The van der Waals surface area contributed by atoms with E-state index in [1.165, 1.54) is 0 Å². The smallest absolute Gasteiger partial charge is 0.325 e. The maximum atomic E-state index is 13.1. The molecule has 1 aliphatic heterocycles. The molecule has 3 N–H and O–H groups in total. The van der Waals surface area contributed by atoms with E-state index in [2.05, 4.69) is 49.1 Å². The Hall–Kier alpha value is -1.84. The van der Waals surface area contributed by atoms with Gasteiger partial charge in [-0.05, 0) is 67.2 Å². The fourth-order valence-electron chi connectivity index (χ4n) is 3.44. The van der Waals surface area contributed by atoms with Crippen LogP contribution in [0.15, 0.2) is 55.3 Å². The molecule has 0 radical (unpaired) electrons. The number of aromatic hydroxyl groups is 1. The summed E-state index contributed by atoms with van der Waals surface area (Å²) < 4.78 is 2.87. The molecule has 0 spiro atoms. The number of fused-ring (bicyclic) bond motifs is 3. The first-order valence-electron chi connectivity index (χ1n) is 9.72. The van der Waals surface area contributed by atoms with Gasteiger partial charge in [0.2, 0.25) is 5.16 Å². The monoisotopic (exact) mass is 551 g/mol. The first-order chi connectivity index (χ1) is 14.5. The van der Waals surface area contributed by atoms with E-state index in [0.717, 1.165) is 41.8 Å². The highest BCUT2D eigenvalue weighted by molar-refractivity contribution is 9.11. The summed E-state index contributed by atoms with van der Waals surface area (Å²) in [4.78, 5) is 16.0. The Labute approximate surface area is 195 Å². The zero-order valence-corrected chi connectivity index (χ0v) is 20.3. The molecular formula is C21H21Br2N4O2S+. The summed E-state index contributed by atoms with van der Waals surface area (Å²) in [6.45, 7) is 2.17. The van der Waals surface area contributed by atoms with Crippen LogP contribution in [0.1, 0.15) is 37.9 Å². The van der Waals surface area contributed by atoms with E-state index in [1.54, 1.807) is 16.4 Å². The molecule has 1 aromatic heterocycles. The summed E-state index contributed by atoms with van der Waals surface area (Å²) in [6.07, 6.45) is 2.98. The van der Waals surface area contributed by atoms with Crippen molar-refractivity contribution in [1.82, 2.24) is 10.1 Å². The number of anilines is 1. The first-order valence-corrected chi connectivity index (χ1v) is 12.3. The number of rotatable bonds is 6. The Kier molecular flexibility index (Phi) is 6.50. The van der Waals surface area contributed by atoms with Crippen molar-refractivity contribution < 1.29 is 9.79 Å². The number of H-pyrrole nitrogens is 1. The zero-order valence-electron chi connectivity index (χ0n) is 16.3. The largest absolute Gasteiger partial charge is 0.506 e. The molecule has 2 heterocycles. The summed E-state index contributed by atoms with van der Waals surface area (Å²) >= 11 is 8.37. The third-order valence-electron chi connectivity index (χ3n) is 4.92. The van der Waals surface area contributed by atoms with Gasteiger partial charge in [-0.15, -0.1) is 0 Å². The predicted molar refractivity (Wildman–Crippen MR) is 126 cm³/mol. The van der Waals surface area contributed by atoms with E-state index in [4.69, 9.17) is 5.10 Å². The number of hydrogen-bond acceptors (Lipinski definition) is 5. The minimum absolute atomic E-state index is 0.131. The van der Waals surface area contributed by atoms with Crippen LogP contribution in [0.5, 0.6) is 5.75 Å². The number of thioether (sulfide) groups is 1. The van der Waals surface area contributed by atoms with Gasteiger partial charge in [0.25, 0.3) is 6.17 Å². The molecule has 1 aliphatic rings. The molecule has 1 atom stereocenters. The third-order valence-corrected chi connectivity index (χ3v) is 7.08. The fraction of sp³-hybridized carbons (Fsp3) is 0.286. The summed E-state index contributed by atoms with van der Waals surface area (Å²) in [7, 11) is 0. The van der Waals surface area contributed by atoms with E-state index in [0.29, 0.717) is 19.8 Å². The number of hydrogen-bond donors (Lipinski definition) is 3. The quantitative estimate of drug-likeness (QED) is 0.222. The van der Waals surface area contributed by atoms with Crippen LogP contribution in [-0.2, 0) is 0 Å². The number of phenolic OH excluding ortho intramolecular Hbond substituents is 1. The second kappa shape index (κ2) is 9.11. The van der Waals surface area contributed by atoms with Gasteiger partial charge < -0.3 is 10.4 Å². The van der Waals surface area contributed by atoms with E-state index in [1.807, 2.05) is 36.4 Å². The van der Waals surface area contributed by atoms with Crippen LogP contribution in [0.25, 0.3) is 11.3 Å². The van der Waals surface area contributed by atoms with Gasteiger partial charge in [-0.1, -0.05) is 43.7 Å². The van der Waals surface area contributed by atoms with Crippen LogP contribution in [0.3, 0.4) is 0 Å². The molecule has 0 fully saturated rings. The van der Waals surface area contributed by atoms with Crippen LogP contribution in [0.4, 0.5) is 5.69 Å². The normalized spacial score (nSPS) is 14.7. The second-order valence-corrected chi connectivity index (χ2v) is 9.83. The number of halogens is 2. The fourth-order valence-corrected chi connectivity index (χ4v) is 5.52. The minimum Gasteiger partial charge on any atom is -0.506 e. The number of aromatic amines is 1. The first kappa shape index (κ1) is 21.4. The molecular weight excluding hydrogens is 532 g/mol.